The van der Waals surface area contributed by atoms with E-state index >= 15 is 0 Å². The number of aliphatic hydroxyl groups excluding tert-OH is 1. The molecule has 0 aliphatic rings. The van der Waals surface area contributed by atoms with Crippen LogP contribution < -0.4 is 5.32 Å². The highest BCUT2D eigenvalue weighted by molar-refractivity contribution is 7.99. The Bertz CT molecular complexity index is 424. The second-order valence-corrected chi connectivity index (χ2v) is 5.24. The number of carboxylic acids is 1. The molecule has 0 spiro atoms. The first kappa shape index (κ1) is 15.5. The number of hydrogen-bond acceptors (Lipinski definition) is 4. The summed E-state index contributed by atoms with van der Waals surface area (Å²) in [6.45, 7) is 1.20. The molecule has 1 aromatic rings. The standard InChI is InChI=1S/C13H17NO4S/c1-9(16)14-11(13(17)18)8-19-12(7-15)10-5-3-2-4-6-10/h2-6,11-12,15H,7-8H2,1H3,(H,14,16)(H,17,18). The molecular formula is C13H17NO4S. The molecule has 0 saturated heterocycles. The lowest BCUT2D eigenvalue weighted by Crippen LogP contribution is -2.41. The molecule has 1 aromatic carbocycles. The molecule has 0 fully saturated rings. The molecule has 5 nitrogen and oxygen atoms in total. The second-order valence-electron chi connectivity index (χ2n) is 4.01. The van der Waals surface area contributed by atoms with Crippen molar-refractivity contribution in [1.82, 2.24) is 5.32 Å². The van der Waals surface area contributed by atoms with E-state index in [1.807, 2.05) is 30.3 Å². The van der Waals surface area contributed by atoms with Crippen molar-refractivity contribution in [2.45, 2.75) is 18.2 Å². The molecule has 3 N–H and O–H groups in total. The Morgan fingerprint density at radius 2 is 1.95 bits per heavy atom. The summed E-state index contributed by atoms with van der Waals surface area (Å²) < 4.78 is 0. The van der Waals surface area contributed by atoms with Crippen molar-refractivity contribution in [3.05, 3.63) is 35.9 Å². The number of nitrogens with one attached hydrogen (secondary N) is 1. The Kier molecular flexibility index (Phi) is 6.38. The van der Waals surface area contributed by atoms with E-state index in [0.29, 0.717) is 0 Å². The van der Waals surface area contributed by atoms with Crippen LogP contribution in [-0.2, 0) is 9.59 Å². The van der Waals surface area contributed by atoms with Gasteiger partial charge in [-0.05, 0) is 5.56 Å². The van der Waals surface area contributed by atoms with Crippen LogP contribution in [0.1, 0.15) is 17.7 Å². The number of benzene rings is 1. The number of thioether (sulfide) groups is 1. The van der Waals surface area contributed by atoms with Crippen molar-refractivity contribution < 1.29 is 19.8 Å². The van der Waals surface area contributed by atoms with Crippen molar-refractivity contribution in [2.24, 2.45) is 0 Å². The summed E-state index contributed by atoms with van der Waals surface area (Å²) in [4.78, 5) is 21.9. The fourth-order valence-electron chi connectivity index (χ4n) is 1.55. The molecule has 0 aromatic heterocycles. The molecule has 2 unspecified atom stereocenters. The van der Waals surface area contributed by atoms with Gasteiger partial charge in [-0.15, -0.1) is 11.8 Å². The monoisotopic (exact) mass is 283 g/mol. The van der Waals surface area contributed by atoms with Gasteiger partial charge in [-0.2, -0.15) is 0 Å². The Hall–Kier alpha value is -1.53. The number of aliphatic hydroxyl groups is 1. The third-order valence-electron chi connectivity index (χ3n) is 2.48. The van der Waals surface area contributed by atoms with E-state index in [4.69, 9.17) is 5.11 Å². The summed E-state index contributed by atoms with van der Waals surface area (Å²) >= 11 is 1.31. The Labute approximate surface area is 116 Å². The minimum Gasteiger partial charge on any atom is -0.480 e. The summed E-state index contributed by atoms with van der Waals surface area (Å²) in [5.41, 5.74) is 0.932. The van der Waals surface area contributed by atoms with Gasteiger partial charge in [0.05, 0.1) is 11.9 Å². The number of hydrogen-bond donors (Lipinski definition) is 3. The van der Waals surface area contributed by atoms with E-state index in [9.17, 15) is 14.7 Å². The third-order valence-corrected chi connectivity index (χ3v) is 3.83. The highest BCUT2D eigenvalue weighted by Crippen LogP contribution is 2.28. The van der Waals surface area contributed by atoms with Gasteiger partial charge in [0, 0.05) is 12.7 Å². The fraction of sp³-hybridized carbons (Fsp3) is 0.385. The zero-order valence-corrected chi connectivity index (χ0v) is 11.4. The van der Waals surface area contributed by atoms with Gasteiger partial charge in [-0.25, -0.2) is 4.79 Å². The predicted octanol–water partition coefficient (Wildman–Crippen LogP) is 1.04. The van der Waals surface area contributed by atoms with Crippen LogP contribution in [0.15, 0.2) is 30.3 Å². The predicted molar refractivity (Wildman–Crippen MR) is 74.0 cm³/mol. The van der Waals surface area contributed by atoms with Crippen LogP contribution in [0.25, 0.3) is 0 Å². The lowest BCUT2D eigenvalue weighted by molar-refractivity contribution is -0.140. The Morgan fingerprint density at radius 1 is 1.32 bits per heavy atom. The average Bonchev–Trinajstić information content (AvgIpc) is 2.38. The second kappa shape index (κ2) is 7.81. The smallest absolute Gasteiger partial charge is 0.327 e. The van der Waals surface area contributed by atoms with E-state index < -0.39 is 12.0 Å². The van der Waals surface area contributed by atoms with Crippen LogP contribution in [0.2, 0.25) is 0 Å². The van der Waals surface area contributed by atoms with Crippen molar-refractivity contribution >= 4 is 23.6 Å². The quantitative estimate of drug-likeness (QED) is 0.696. The lowest BCUT2D eigenvalue weighted by Gasteiger charge is -2.18. The minimum atomic E-state index is -1.08. The van der Waals surface area contributed by atoms with Crippen LogP contribution in [0.4, 0.5) is 0 Å². The molecule has 104 valence electrons. The largest absolute Gasteiger partial charge is 0.480 e. The number of carbonyl (C=O) groups excluding carboxylic acids is 1. The van der Waals surface area contributed by atoms with Gasteiger partial charge in [-0.3, -0.25) is 4.79 Å². The van der Waals surface area contributed by atoms with Gasteiger partial charge < -0.3 is 15.5 Å². The Balaban J connectivity index is 2.61. The van der Waals surface area contributed by atoms with E-state index in [1.54, 1.807) is 0 Å². The fourth-order valence-corrected chi connectivity index (χ4v) is 2.66. The summed E-state index contributed by atoms with van der Waals surface area (Å²) in [5.74, 6) is -1.25. The minimum absolute atomic E-state index is 0.0823. The van der Waals surface area contributed by atoms with Crippen LogP contribution in [0, 0.1) is 0 Å². The average molecular weight is 283 g/mol. The van der Waals surface area contributed by atoms with Crippen LogP contribution in [-0.4, -0.2) is 40.5 Å². The molecule has 0 heterocycles. The van der Waals surface area contributed by atoms with Gasteiger partial charge in [0.1, 0.15) is 6.04 Å². The molecule has 0 radical (unpaired) electrons. The molecule has 6 heteroatoms. The maximum atomic E-state index is 11.0. The van der Waals surface area contributed by atoms with Gasteiger partial charge >= 0.3 is 5.97 Å². The van der Waals surface area contributed by atoms with Crippen LogP contribution in [0.5, 0.6) is 0 Å². The summed E-state index contributed by atoms with van der Waals surface area (Å²) in [6.07, 6.45) is 0. The molecule has 0 aliphatic carbocycles. The van der Waals surface area contributed by atoms with Gasteiger partial charge in [0.25, 0.3) is 0 Å². The first-order valence-corrected chi connectivity index (χ1v) is 6.86. The summed E-state index contributed by atoms with van der Waals surface area (Å²) in [5, 5.41) is 20.5. The first-order chi connectivity index (χ1) is 9.04. The van der Waals surface area contributed by atoms with Gasteiger partial charge in [0.15, 0.2) is 0 Å². The SMILES string of the molecule is CC(=O)NC(CSC(CO)c1ccccc1)C(=O)O. The normalized spacial score (nSPS) is 13.6. The van der Waals surface area contributed by atoms with E-state index in [1.165, 1.54) is 18.7 Å². The maximum absolute atomic E-state index is 11.0. The van der Waals surface area contributed by atoms with Crippen LogP contribution >= 0.6 is 11.8 Å². The van der Waals surface area contributed by atoms with Crippen molar-refractivity contribution in [3.63, 3.8) is 0 Å². The number of carboxylic acid groups (broad SMARTS) is 1. The molecular weight excluding hydrogens is 266 g/mol. The zero-order chi connectivity index (χ0) is 14.3. The van der Waals surface area contributed by atoms with Crippen molar-refractivity contribution in [2.75, 3.05) is 12.4 Å². The molecule has 0 bridgehead atoms. The molecule has 1 rings (SSSR count). The highest BCUT2D eigenvalue weighted by Gasteiger charge is 2.21. The molecule has 0 saturated carbocycles. The highest BCUT2D eigenvalue weighted by atomic mass is 32.2. The number of rotatable bonds is 7. The Morgan fingerprint density at radius 3 is 2.42 bits per heavy atom. The third kappa shape index (κ3) is 5.32. The molecule has 1 amide bonds. The van der Waals surface area contributed by atoms with Crippen LogP contribution in [0.3, 0.4) is 0 Å². The number of amides is 1. The molecule has 0 aliphatic heterocycles. The number of aliphatic carboxylic acids is 1. The lowest BCUT2D eigenvalue weighted by atomic mass is 10.2. The topological polar surface area (TPSA) is 86.6 Å². The first-order valence-electron chi connectivity index (χ1n) is 5.82. The summed E-state index contributed by atoms with van der Waals surface area (Å²) in [7, 11) is 0. The summed E-state index contributed by atoms with van der Waals surface area (Å²) in [6, 6.07) is 8.41. The number of carbonyl (C=O) groups is 2. The van der Waals surface area contributed by atoms with E-state index in [0.717, 1.165) is 5.56 Å². The zero-order valence-electron chi connectivity index (χ0n) is 10.6. The molecule has 2 atom stereocenters. The maximum Gasteiger partial charge on any atom is 0.327 e. The van der Waals surface area contributed by atoms with E-state index in [-0.39, 0.29) is 23.5 Å². The molecule has 19 heavy (non-hydrogen) atoms. The van der Waals surface area contributed by atoms with E-state index in [2.05, 4.69) is 5.32 Å². The van der Waals surface area contributed by atoms with Gasteiger partial charge in [0.2, 0.25) is 5.91 Å². The van der Waals surface area contributed by atoms with Gasteiger partial charge in [-0.1, -0.05) is 30.3 Å². The van der Waals surface area contributed by atoms with Crippen molar-refractivity contribution in [3.8, 4) is 0 Å². The van der Waals surface area contributed by atoms with Crippen molar-refractivity contribution in [1.29, 1.82) is 0 Å².